The molecule has 2 N–H and O–H groups in total. The maximum absolute atomic E-state index is 11.1. The van der Waals surface area contributed by atoms with Gasteiger partial charge in [0.25, 0.3) is 0 Å². The molecule has 0 saturated heterocycles. The molecule has 0 radical (unpaired) electrons. The summed E-state index contributed by atoms with van der Waals surface area (Å²) in [5.41, 5.74) is 0.193. The first-order valence-electron chi connectivity index (χ1n) is 4.01. The Balaban J connectivity index is 2.38. The molecule has 1 aliphatic rings. The zero-order valence-corrected chi connectivity index (χ0v) is 7.34. The van der Waals surface area contributed by atoms with Crippen LogP contribution in [0.2, 0.25) is 0 Å². The van der Waals surface area contributed by atoms with Gasteiger partial charge in [0.2, 0.25) is 0 Å². The van der Waals surface area contributed by atoms with Crippen LogP contribution in [0.1, 0.15) is 20.7 Å². The van der Waals surface area contributed by atoms with Crippen molar-refractivity contribution in [2.45, 2.75) is 6.48 Å². The highest BCUT2D eigenvalue weighted by Gasteiger charge is 2.29. The van der Waals surface area contributed by atoms with Gasteiger partial charge in [-0.1, -0.05) is 0 Å². The zero-order chi connectivity index (χ0) is 11.0. The molecule has 78 valence electrons. The second kappa shape index (κ2) is 3.34. The summed E-state index contributed by atoms with van der Waals surface area (Å²) in [7, 11) is 0. The normalized spacial score (nSPS) is 14.1. The molecule has 0 unspecified atom stereocenters. The minimum absolute atomic E-state index is 0.0538. The minimum Gasteiger partial charge on any atom is -0.442 e. The third-order valence-electron chi connectivity index (χ3n) is 1.86. The Morgan fingerprint density at radius 3 is 2.47 bits per heavy atom. The predicted molar refractivity (Wildman–Crippen MR) is 45.0 cm³/mol. The van der Waals surface area contributed by atoms with Gasteiger partial charge < -0.3 is 19.7 Å². The van der Waals surface area contributed by atoms with Gasteiger partial charge >= 0.3 is 18.4 Å². The first kappa shape index (κ1) is 9.63. The number of aliphatic hydroxyl groups excluding tert-OH is 1. The van der Waals surface area contributed by atoms with Crippen molar-refractivity contribution in [1.82, 2.24) is 0 Å². The number of rotatable bonds is 2. The van der Waals surface area contributed by atoms with Crippen molar-refractivity contribution < 1.29 is 29.3 Å². The number of ether oxygens (including phenoxy) is 2. The van der Waals surface area contributed by atoms with Crippen LogP contribution in [0.5, 0.6) is 5.75 Å². The van der Waals surface area contributed by atoms with E-state index in [4.69, 9.17) is 10.2 Å². The molecule has 0 saturated carbocycles. The van der Waals surface area contributed by atoms with Crippen LogP contribution in [0.4, 0.5) is 0 Å². The van der Waals surface area contributed by atoms with Crippen molar-refractivity contribution in [3.8, 4) is 5.75 Å². The Morgan fingerprint density at radius 2 is 1.80 bits per heavy atom. The number of esters is 2. The molecule has 0 bridgehead atoms. The molecule has 15 heavy (non-hydrogen) atoms. The third-order valence-corrected chi connectivity index (χ3v) is 1.86. The molecule has 0 aliphatic carbocycles. The van der Waals surface area contributed by atoms with Crippen LogP contribution >= 0.6 is 0 Å². The van der Waals surface area contributed by atoms with E-state index >= 15 is 0 Å². The molecule has 2 rings (SSSR count). The van der Waals surface area contributed by atoms with Crippen LogP contribution < -0.4 is 4.74 Å². The Morgan fingerprint density at radius 1 is 1.13 bits per heavy atom. The molecule has 6 nitrogen and oxygen atoms in total. The average Bonchev–Trinajstić information content (AvgIpc) is 2.41. The SMILES string of the molecule is O=C1OC(=O)c2cc(OC(O)O)ccc21. The van der Waals surface area contributed by atoms with Crippen molar-refractivity contribution in [2.24, 2.45) is 0 Å². The zero-order valence-electron chi connectivity index (χ0n) is 7.34. The molecule has 0 atom stereocenters. The van der Waals surface area contributed by atoms with Gasteiger partial charge in [-0.15, -0.1) is 0 Å². The van der Waals surface area contributed by atoms with Crippen molar-refractivity contribution in [1.29, 1.82) is 0 Å². The van der Waals surface area contributed by atoms with E-state index in [0.717, 1.165) is 0 Å². The first-order valence-corrected chi connectivity index (χ1v) is 4.01. The Bertz CT molecular complexity index is 436. The fraction of sp³-hybridized carbons (Fsp3) is 0.111. The maximum Gasteiger partial charge on any atom is 0.347 e. The fourth-order valence-electron chi connectivity index (χ4n) is 1.26. The monoisotopic (exact) mass is 210 g/mol. The maximum atomic E-state index is 11.1. The Labute approximate surface area is 83.7 Å². The van der Waals surface area contributed by atoms with Gasteiger partial charge in [0, 0.05) is 0 Å². The third kappa shape index (κ3) is 1.67. The van der Waals surface area contributed by atoms with Crippen LogP contribution in [-0.2, 0) is 4.74 Å². The number of hydrogen-bond acceptors (Lipinski definition) is 6. The molecule has 0 fully saturated rings. The first-order chi connectivity index (χ1) is 7.08. The van der Waals surface area contributed by atoms with Crippen LogP contribution in [0.15, 0.2) is 18.2 Å². The summed E-state index contributed by atoms with van der Waals surface area (Å²) < 4.78 is 8.85. The van der Waals surface area contributed by atoms with Crippen molar-refractivity contribution in [3.63, 3.8) is 0 Å². The summed E-state index contributed by atoms with van der Waals surface area (Å²) in [4.78, 5) is 22.1. The number of fused-ring (bicyclic) bond motifs is 1. The molecule has 0 aromatic heterocycles. The van der Waals surface area contributed by atoms with Crippen molar-refractivity contribution in [2.75, 3.05) is 0 Å². The quantitative estimate of drug-likeness (QED) is 0.393. The van der Waals surface area contributed by atoms with Crippen LogP contribution in [0.3, 0.4) is 0 Å². The lowest BCUT2D eigenvalue weighted by Crippen LogP contribution is -2.13. The number of cyclic esters (lactones) is 2. The summed E-state index contributed by atoms with van der Waals surface area (Å²) in [5, 5.41) is 17.0. The lowest BCUT2D eigenvalue weighted by Gasteiger charge is -2.06. The number of carbonyl (C=O) groups excluding carboxylic acids is 2. The highest BCUT2D eigenvalue weighted by molar-refractivity contribution is 6.14. The average molecular weight is 210 g/mol. The lowest BCUT2D eigenvalue weighted by molar-refractivity contribution is -0.179. The topological polar surface area (TPSA) is 93.1 Å². The fourth-order valence-corrected chi connectivity index (χ4v) is 1.26. The summed E-state index contributed by atoms with van der Waals surface area (Å²) in [5.74, 6) is -1.42. The van der Waals surface area contributed by atoms with Gasteiger partial charge in [0.1, 0.15) is 5.75 Å². The van der Waals surface area contributed by atoms with E-state index in [-0.39, 0.29) is 16.9 Å². The summed E-state index contributed by atoms with van der Waals surface area (Å²) in [6.45, 7) is -1.98. The van der Waals surface area contributed by atoms with Crippen LogP contribution in [0, 0.1) is 0 Å². The largest absolute Gasteiger partial charge is 0.442 e. The standard InChI is InChI=1S/C9H6O6/c10-7-5-2-1-4(14-9(12)13)3-6(5)8(11)15-7/h1-3,9,12-13H. The van der Waals surface area contributed by atoms with Crippen molar-refractivity contribution in [3.05, 3.63) is 29.3 Å². The van der Waals surface area contributed by atoms with Gasteiger partial charge in [-0.3, -0.25) is 0 Å². The van der Waals surface area contributed by atoms with E-state index in [1.807, 2.05) is 0 Å². The smallest absolute Gasteiger partial charge is 0.347 e. The summed E-state index contributed by atoms with van der Waals surface area (Å²) >= 11 is 0. The van der Waals surface area contributed by atoms with E-state index in [0.29, 0.717) is 0 Å². The predicted octanol–water partition coefficient (Wildman–Crippen LogP) is -0.356. The molecule has 1 aromatic carbocycles. The second-order valence-electron chi connectivity index (χ2n) is 2.83. The molecule has 1 heterocycles. The molecule has 0 amide bonds. The van der Waals surface area contributed by atoms with Gasteiger partial charge in [-0.2, -0.15) is 0 Å². The van der Waals surface area contributed by atoms with Crippen molar-refractivity contribution >= 4 is 11.9 Å². The summed E-state index contributed by atoms with van der Waals surface area (Å²) in [6.07, 6.45) is 0. The van der Waals surface area contributed by atoms with Gasteiger partial charge in [-0.05, 0) is 18.2 Å². The van der Waals surface area contributed by atoms with E-state index in [2.05, 4.69) is 9.47 Å². The van der Waals surface area contributed by atoms with Gasteiger partial charge in [-0.25, -0.2) is 9.59 Å². The van der Waals surface area contributed by atoms with E-state index in [1.165, 1.54) is 18.2 Å². The van der Waals surface area contributed by atoms with E-state index in [9.17, 15) is 9.59 Å². The highest BCUT2D eigenvalue weighted by Crippen LogP contribution is 2.24. The lowest BCUT2D eigenvalue weighted by atomic mass is 10.1. The molecule has 6 heteroatoms. The van der Waals surface area contributed by atoms with Crippen LogP contribution in [-0.4, -0.2) is 28.6 Å². The van der Waals surface area contributed by atoms with E-state index < -0.39 is 18.4 Å². The van der Waals surface area contributed by atoms with Gasteiger partial charge in [0.15, 0.2) is 0 Å². The highest BCUT2D eigenvalue weighted by atomic mass is 16.7. The second-order valence-corrected chi connectivity index (χ2v) is 2.83. The number of hydrogen-bond donors (Lipinski definition) is 2. The molecule has 1 aliphatic heterocycles. The molecule has 0 spiro atoms. The number of benzene rings is 1. The Hall–Kier alpha value is -1.92. The molecular weight excluding hydrogens is 204 g/mol. The number of aliphatic hydroxyl groups is 2. The number of carbonyl (C=O) groups is 2. The van der Waals surface area contributed by atoms with E-state index in [1.54, 1.807) is 0 Å². The minimum atomic E-state index is -1.98. The van der Waals surface area contributed by atoms with Crippen LogP contribution in [0.25, 0.3) is 0 Å². The molecule has 1 aromatic rings. The molecular formula is C9H6O6. The van der Waals surface area contributed by atoms with Gasteiger partial charge in [0.05, 0.1) is 11.1 Å². The Kier molecular flexibility index (Phi) is 2.14. The summed E-state index contributed by atoms with van der Waals surface area (Å²) in [6, 6.07) is 3.86.